The number of carbonyl (C=O) groups excluding carboxylic acids is 1. The lowest BCUT2D eigenvalue weighted by Gasteiger charge is -2.16. The Labute approximate surface area is 254 Å². The van der Waals surface area contributed by atoms with Crippen LogP contribution in [0.25, 0.3) is 0 Å². The molecule has 0 saturated heterocycles. The summed E-state index contributed by atoms with van der Waals surface area (Å²) in [7, 11) is 0. The number of amides is 1. The van der Waals surface area contributed by atoms with Crippen molar-refractivity contribution in [2.75, 3.05) is 0 Å². The number of carbonyl (C=O) groups is 1. The first-order valence-electron chi connectivity index (χ1n) is 19.0. The molecule has 0 atom stereocenters. The maximum Gasteiger partial charge on any atom is 0.207 e. The summed E-state index contributed by atoms with van der Waals surface area (Å²) in [4.78, 5) is 11.0. The van der Waals surface area contributed by atoms with Gasteiger partial charge in [-0.1, -0.05) is 219 Å². The van der Waals surface area contributed by atoms with Crippen LogP contribution in [0.5, 0.6) is 0 Å². The van der Waals surface area contributed by atoms with Crippen LogP contribution in [0.15, 0.2) is 0 Å². The van der Waals surface area contributed by atoms with E-state index < -0.39 is 0 Å². The molecular weight excluding hydrogens is 486 g/mol. The average Bonchev–Trinajstić information content (AvgIpc) is 2.96. The summed E-state index contributed by atoms with van der Waals surface area (Å²) in [6, 6.07) is 0.413. The molecule has 0 aliphatic rings. The fraction of sp³-hybridized carbons (Fsp3) is 0.974. The van der Waals surface area contributed by atoms with E-state index in [4.69, 9.17) is 0 Å². The first-order chi connectivity index (χ1) is 19.8. The van der Waals surface area contributed by atoms with Gasteiger partial charge < -0.3 is 5.32 Å². The Balaban J connectivity index is 3.36. The summed E-state index contributed by atoms with van der Waals surface area (Å²) in [5, 5.41) is 3.11. The predicted octanol–water partition coefficient (Wildman–Crippen LogP) is 13.4. The van der Waals surface area contributed by atoms with Crippen molar-refractivity contribution in [3.63, 3.8) is 0 Å². The maximum absolute atomic E-state index is 11.0. The van der Waals surface area contributed by atoms with Gasteiger partial charge >= 0.3 is 0 Å². The minimum Gasteiger partial charge on any atom is -0.356 e. The lowest BCUT2D eigenvalue weighted by molar-refractivity contribution is -0.110. The highest BCUT2D eigenvalue weighted by molar-refractivity contribution is 5.46. The molecule has 2 nitrogen and oxygen atoms in total. The third kappa shape index (κ3) is 33.7. The van der Waals surface area contributed by atoms with Crippen LogP contribution >= 0.6 is 0 Å². The zero-order valence-electron chi connectivity index (χ0n) is 28.1. The monoisotopic (exact) mass is 564 g/mol. The lowest BCUT2D eigenvalue weighted by atomic mass is 9.99. The molecule has 0 rings (SSSR count). The van der Waals surface area contributed by atoms with Crippen molar-refractivity contribution in [1.82, 2.24) is 5.32 Å². The molecule has 0 saturated carbocycles. The molecule has 0 aromatic carbocycles. The van der Waals surface area contributed by atoms with E-state index in [0.717, 1.165) is 6.41 Å². The lowest BCUT2D eigenvalue weighted by Crippen LogP contribution is -2.27. The van der Waals surface area contributed by atoms with Crippen molar-refractivity contribution in [2.45, 2.75) is 238 Å². The Hall–Kier alpha value is -0.530. The molecule has 0 aromatic rings. The van der Waals surface area contributed by atoms with Gasteiger partial charge in [0, 0.05) is 6.04 Å². The van der Waals surface area contributed by atoms with E-state index in [1.165, 1.54) is 218 Å². The zero-order valence-corrected chi connectivity index (χ0v) is 28.1. The number of unbranched alkanes of at least 4 members (excludes halogenated alkanes) is 30. The zero-order chi connectivity index (χ0) is 29.0. The van der Waals surface area contributed by atoms with Crippen molar-refractivity contribution in [1.29, 1.82) is 0 Å². The smallest absolute Gasteiger partial charge is 0.207 e. The highest BCUT2D eigenvalue weighted by atomic mass is 16.1. The minimum absolute atomic E-state index is 0.413. The van der Waals surface area contributed by atoms with Crippen LogP contribution < -0.4 is 5.32 Å². The molecule has 0 unspecified atom stereocenters. The van der Waals surface area contributed by atoms with Gasteiger partial charge in [-0.3, -0.25) is 4.79 Å². The van der Waals surface area contributed by atoms with Crippen molar-refractivity contribution in [3.8, 4) is 0 Å². The number of hydrogen-bond acceptors (Lipinski definition) is 1. The second-order valence-corrected chi connectivity index (χ2v) is 13.2. The fourth-order valence-electron chi connectivity index (χ4n) is 6.28. The Bertz CT molecular complexity index is 415. The second-order valence-electron chi connectivity index (χ2n) is 13.2. The van der Waals surface area contributed by atoms with E-state index in [9.17, 15) is 4.79 Å². The van der Waals surface area contributed by atoms with Gasteiger partial charge in [0.05, 0.1) is 0 Å². The van der Waals surface area contributed by atoms with Crippen LogP contribution in [-0.4, -0.2) is 12.5 Å². The van der Waals surface area contributed by atoms with Gasteiger partial charge in [0.1, 0.15) is 0 Å². The van der Waals surface area contributed by atoms with Crippen LogP contribution in [0.4, 0.5) is 0 Å². The molecule has 1 N–H and O–H groups in total. The fourth-order valence-corrected chi connectivity index (χ4v) is 6.28. The summed E-state index contributed by atoms with van der Waals surface area (Å²) in [6.45, 7) is 4.60. The van der Waals surface area contributed by atoms with Crippen molar-refractivity contribution < 1.29 is 4.79 Å². The van der Waals surface area contributed by atoms with Crippen LogP contribution in [-0.2, 0) is 4.79 Å². The van der Waals surface area contributed by atoms with Crippen molar-refractivity contribution >= 4 is 6.41 Å². The van der Waals surface area contributed by atoms with Gasteiger partial charge in [0.2, 0.25) is 6.41 Å². The Morgan fingerprint density at radius 1 is 0.350 bits per heavy atom. The van der Waals surface area contributed by atoms with E-state index in [0.29, 0.717) is 6.04 Å². The molecule has 0 aliphatic carbocycles. The summed E-state index contributed by atoms with van der Waals surface area (Å²) in [5.74, 6) is 0. The minimum atomic E-state index is 0.413. The molecule has 0 fully saturated rings. The first-order valence-corrected chi connectivity index (χ1v) is 19.0. The van der Waals surface area contributed by atoms with Crippen LogP contribution in [0.3, 0.4) is 0 Å². The van der Waals surface area contributed by atoms with E-state index in [2.05, 4.69) is 19.2 Å². The highest BCUT2D eigenvalue weighted by Crippen LogP contribution is 2.17. The summed E-state index contributed by atoms with van der Waals surface area (Å²) < 4.78 is 0. The summed E-state index contributed by atoms with van der Waals surface area (Å²) >= 11 is 0. The average molecular weight is 564 g/mol. The highest BCUT2D eigenvalue weighted by Gasteiger charge is 2.07. The predicted molar refractivity (Wildman–Crippen MR) is 181 cm³/mol. The maximum atomic E-state index is 11.0. The number of nitrogens with one attached hydrogen (secondary N) is 1. The topological polar surface area (TPSA) is 29.1 Å². The SMILES string of the molecule is CCCCCCCCCCCCCCCCCCC(CCCCCCCCCCCCCCCCCC)NC=O. The molecule has 1 amide bonds. The van der Waals surface area contributed by atoms with Crippen molar-refractivity contribution in [2.24, 2.45) is 0 Å². The summed E-state index contributed by atoms with van der Waals surface area (Å²) in [6.07, 6.45) is 48.7. The Kier molecular flexibility index (Phi) is 36.0. The van der Waals surface area contributed by atoms with E-state index in [1.807, 2.05) is 0 Å². The van der Waals surface area contributed by atoms with Gasteiger partial charge in [-0.05, 0) is 12.8 Å². The van der Waals surface area contributed by atoms with Crippen LogP contribution in [0.2, 0.25) is 0 Å². The standard InChI is InChI=1S/C38H77NO/c1-3-5-7-9-11-13-15-17-19-21-23-25-27-29-31-33-35-38(39-37-40)36-34-32-30-28-26-24-22-20-18-16-14-12-10-8-6-4-2/h37-38H,3-36H2,1-2H3,(H,39,40). The molecule has 0 spiro atoms. The largest absolute Gasteiger partial charge is 0.356 e. The molecule has 0 bridgehead atoms. The van der Waals surface area contributed by atoms with E-state index >= 15 is 0 Å². The number of hydrogen-bond donors (Lipinski definition) is 1. The first kappa shape index (κ1) is 39.5. The molecule has 0 aromatic heterocycles. The number of rotatable bonds is 36. The third-order valence-electron chi connectivity index (χ3n) is 9.12. The molecular formula is C38H77NO. The third-order valence-corrected chi connectivity index (χ3v) is 9.12. The Morgan fingerprint density at radius 2 is 0.550 bits per heavy atom. The normalized spacial score (nSPS) is 11.5. The van der Waals surface area contributed by atoms with E-state index in [1.54, 1.807) is 0 Å². The molecule has 0 heterocycles. The molecule has 0 aliphatic heterocycles. The summed E-state index contributed by atoms with van der Waals surface area (Å²) in [5.41, 5.74) is 0. The van der Waals surface area contributed by atoms with Gasteiger partial charge in [-0.25, -0.2) is 0 Å². The van der Waals surface area contributed by atoms with Crippen LogP contribution in [0.1, 0.15) is 232 Å². The molecule has 40 heavy (non-hydrogen) atoms. The molecule has 0 radical (unpaired) electrons. The second kappa shape index (κ2) is 36.5. The molecule has 2 heteroatoms. The van der Waals surface area contributed by atoms with Crippen molar-refractivity contribution in [3.05, 3.63) is 0 Å². The quantitative estimate of drug-likeness (QED) is 0.0596. The van der Waals surface area contributed by atoms with Gasteiger partial charge in [0.15, 0.2) is 0 Å². The van der Waals surface area contributed by atoms with Crippen LogP contribution in [0, 0.1) is 0 Å². The van der Waals surface area contributed by atoms with Gasteiger partial charge in [0.25, 0.3) is 0 Å². The van der Waals surface area contributed by atoms with E-state index in [-0.39, 0.29) is 0 Å². The Morgan fingerprint density at radius 3 is 0.750 bits per heavy atom. The molecule has 240 valence electrons. The van der Waals surface area contributed by atoms with Gasteiger partial charge in [-0.2, -0.15) is 0 Å². The van der Waals surface area contributed by atoms with Gasteiger partial charge in [-0.15, -0.1) is 0 Å².